The molecule has 0 bridgehead atoms. The molecule has 0 unspecified atom stereocenters. The first-order valence-electron chi connectivity index (χ1n) is 10.0. The number of carbonyl (C=O) groups excluding carboxylic acids is 1. The van der Waals surface area contributed by atoms with Crippen LogP contribution in [-0.2, 0) is 13.0 Å². The van der Waals surface area contributed by atoms with Gasteiger partial charge in [-0.2, -0.15) is 0 Å². The lowest BCUT2D eigenvalue weighted by Gasteiger charge is -2.34. The lowest BCUT2D eigenvalue weighted by molar-refractivity contribution is 0.0944. The molecule has 0 saturated carbocycles. The molecular formula is C22H26ClN5O. The van der Waals surface area contributed by atoms with Gasteiger partial charge in [0.05, 0.1) is 10.7 Å². The van der Waals surface area contributed by atoms with E-state index >= 15 is 0 Å². The quantitative estimate of drug-likeness (QED) is 0.700. The lowest BCUT2D eigenvalue weighted by Crippen LogP contribution is -2.44. The summed E-state index contributed by atoms with van der Waals surface area (Å²) >= 11 is 6.12. The normalized spacial score (nSPS) is 15.1. The highest BCUT2D eigenvalue weighted by atomic mass is 35.5. The Morgan fingerprint density at radius 3 is 2.52 bits per heavy atom. The maximum Gasteiger partial charge on any atom is 0.270 e. The van der Waals surface area contributed by atoms with Crippen molar-refractivity contribution < 1.29 is 4.79 Å². The summed E-state index contributed by atoms with van der Waals surface area (Å²) in [6.07, 6.45) is 2.42. The maximum absolute atomic E-state index is 12.9. The molecule has 0 aliphatic carbocycles. The fourth-order valence-electron chi connectivity index (χ4n) is 3.71. The zero-order chi connectivity index (χ0) is 20.4. The van der Waals surface area contributed by atoms with Crippen LogP contribution in [0.2, 0.25) is 5.02 Å². The van der Waals surface area contributed by atoms with Gasteiger partial charge in [-0.1, -0.05) is 30.7 Å². The van der Waals surface area contributed by atoms with Crippen LogP contribution in [0.4, 0.5) is 5.69 Å². The van der Waals surface area contributed by atoms with Crippen molar-refractivity contribution in [2.75, 3.05) is 38.1 Å². The van der Waals surface area contributed by atoms with Crippen LogP contribution >= 0.6 is 11.6 Å². The molecule has 152 valence electrons. The molecule has 1 fully saturated rings. The molecule has 7 heteroatoms. The first-order valence-corrected chi connectivity index (χ1v) is 10.4. The number of nitrogens with one attached hydrogen (secondary N) is 1. The minimum absolute atomic E-state index is 0.139. The Morgan fingerprint density at radius 1 is 1.10 bits per heavy atom. The number of carbonyl (C=O) groups is 1. The summed E-state index contributed by atoms with van der Waals surface area (Å²) in [6, 6.07) is 12.1. The highest BCUT2D eigenvalue weighted by molar-refractivity contribution is 6.30. The van der Waals surface area contributed by atoms with E-state index in [4.69, 9.17) is 11.6 Å². The van der Waals surface area contributed by atoms with Crippen molar-refractivity contribution in [1.29, 1.82) is 0 Å². The summed E-state index contributed by atoms with van der Waals surface area (Å²) in [5.41, 5.74) is 4.36. The highest BCUT2D eigenvalue weighted by Gasteiger charge is 2.18. The monoisotopic (exact) mass is 411 g/mol. The van der Waals surface area contributed by atoms with Gasteiger partial charge < -0.3 is 15.1 Å². The van der Waals surface area contributed by atoms with E-state index in [0.717, 1.165) is 43.1 Å². The average molecular weight is 412 g/mol. The van der Waals surface area contributed by atoms with Crippen LogP contribution in [0.15, 0.2) is 42.6 Å². The van der Waals surface area contributed by atoms with Crippen molar-refractivity contribution in [3.8, 4) is 0 Å². The van der Waals surface area contributed by atoms with Gasteiger partial charge in [0.15, 0.2) is 0 Å². The van der Waals surface area contributed by atoms with Gasteiger partial charge in [0.1, 0.15) is 11.3 Å². The van der Waals surface area contributed by atoms with E-state index in [1.54, 1.807) is 16.7 Å². The number of fused-ring (bicyclic) bond motifs is 1. The number of piperazine rings is 1. The second-order valence-corrected chi connectivity index (χ2v) is 7.91. The van der Waals surface area contributed by atoms with Gasteiger partial charge in [-0.05, 0) is 43.3 Å². The molecule has 1 aromatic carbocycles. The van der Waals surface area contributed by atoms with Crippen molar-refractivity contribution in [2.24, 2.45) is 0 Å². The van der Waals surface area contributed by atoms with Gasteiger partial charge >= 0.3 is 0 Å². The van der Waals surface area contributed by atoms with Gasteiger partial charge in [0.25, 0.3) is 5.91 Å². The predicted octanol–water partition coefficient (Wildman–Crippen LogP) is 3.23. The minimum atomic E-state index is -0.139. The molecule has 1 aliphatic rings. The van der Waals surface area contributed by atoms with Crippen LogP contribution in [0.5, 0.6) is 0 Å². The molecular weight excluding hydrogens is 386 g/mol. The van der Waals surface area contributed by atoms with Gasteiger partial charge in [-0.15, -0.1) is 0 Å². The average Bonchev–Trinajstić information content (AvgIpc) is 3.11. The molecule has 3 heterocycles. The molecule has 0 radical (unpaired) electrons. The van der Waals surface area contributed by atoms with Crippen LogP contribution in [0, 0.1) is 0 Å². The van der Waals surface area contributed by atoms with Crippen LogP contribution in [-0.4, -0.2) is 53.4 Å². The van der Waals surface area contributed by atoms with Crippen LogP contribution in [0.3, 0.4) is 0 Å². The molecule has 0 spiro atoms. The second kappa shape index (κ2) is 8.43. The number of imidazole rings is 1. The first-order chi connectivity index (χ1) is 14.0. The van der Waals surface area contributed by atoms with Gasteiger partial charge in [0.2, 0.25) is 0 Å². The van der Waals surface area contributed by atoms with E-state index in [-0.39, 0.29) is 5.91 Å². The largest absolute Gasteiger partial charge is 0.369 e. The van der Waals surface area contributed by atoms with Gasteiger partial charge in [-0.3, -0.25) is 9.20 Å². The number of aromatic nitrogens is 2. The molecule has 6 nitrogen and oxygen atoms in total. The number of aryl methyl sites for hydroxylation is 1. The predicted molar refractivity (Wildman–Crippen MR) is 117 cm³/mol. The Labute approximate surface area is 176 Å². The number of rotatable bonds is 5. The number of pyridine rings is 1. The van der Waals surface area contributed by atoms with Crippen molar-refractivity contribution in [3.63, 3.8) is 0 Å². The van der Waals surface area contributed by atoms with E-state index in [2.05, 4.69) is 51.4 Å². The summed E-state index contributed by atoms with van der Waals surface area (Å²) in [5, 5.41) is 3.60. The Hall–Kier alpha value is -2.57. The number of hydrogen-bond donors (Lipinski definition) is 1. The molecule has 1 amide bonds. The fraction of sp³-hybridized carbons (Fsp3) is 0.364. The third kappa shape index (κ3) is 4.23. The Morgan fingerprint density at radius 2 is 1.83 bits per heavy atom. The second-order valence-electron chi connectivity index (χ2n) is 7.48. The smallest absolute Gasteiger partial charge is 0.270 e. The topological polar surface area (TPSA) is 52.9 Å². The summed E-state index contributed by atoms with van der Waals surface area (Å²) in [7, 11) is 2.16. The lowest BCUT2D eigenvalue weighted by atomic mass is 10.1. The van der Waals surface area contributed by atoms with E-state index < -0.39 is 0 Å². The molecule has 1 saturated heterocycles. The number of anilines is 1. The molecule has 1 aliphatic heterocycles. The van der Waals surface area contributed by atoms with Crippen molar-refractivity contribution in [3.05, 3.63) is 64.6 Å². The van der Waals surface area contributed by atoms with Gasteiger partial charge in [-0.25, -0.2) is 4.98 Å². The Kier molecular flexibility index (Phi) is 5.74. The van der Waals surface area contributed by atoms with Crippen molar-refractivity contribution in [1.82, 2.24) is 19.6 Å². The first kappa shape index (κ1) is 19.7. The third-order valence-electron chi connectivity index (χ3n) is 5.46. The summed E-state index contributed by atoms with van der Waals surface area (Å²) in [6.45, 7) is 6.73. The summed E-state index contributed by atoms with van der Waals surface area (Å²) in [5.74, 6) is -0.139. The zero-order valence-electron chi connectivity index (χ0n) is 16.9. The molecule has 0 atom stereocenters. The number of hydrogen-bond acceptors (Lipinski definition) is 4. The number of halogens is 1. The minimum Gasteiger partial charge on any atom is -0.369 e. The van der Waals surface area contributed by atoms with Crippen molar-refractivity contribution >= 4 is 28.8 Å². The van der Waals surface area contributed by atoms with Crippen LogP contribution in [0.1, 0.15) is 28.7 Å². The number of likely N-dealkylation sites (N-methyl/N-ethyl adjacent to an activating group) is 1. The van der Waals surface area contributed by atoms with Crippen LogP contribution < -0.4 is 10.2 Å². The zero-order valence-corrected chi connectivity index (χ0v) is 17.6. The summed E-state index contributed by atoms with van der Waals surface area (Å²) in [4.78, 5) is 22.2. The Bertz CT molecular complexity index is 1010. The summed E-state index contributed by atoms with van der Waals surface area (Å²) < 4.78 is 1.77. The third-order valence-corrected chi connectivity index (χ3v) is 5.69. The maximum atomic E-state index is 12.9. The molecule has 1 N–H and O–H groups in total. The van der Waals surface area contributed by atoms with E-state index in [1.807, 2.05) is 13.0 Å². The number of benzene rings is 1. The van der Waals surface area contributed by atoms with E-state index in [0.29, 0.717) is 23.7 Å². The number of amides is 1. The fourth-order valence-corrected chi connectivity index (χ4v) is 3.87. The molecule has 29 heavy (non-hydrogen) atoms. The highest BCUT2D eigenvalue weighted by Crippen LogP contribution is 2.19. The van der Waals surface area contributed by atoms with Gasteiger partial charge in [0, 0.05) is 44.6 Å². The van der Waals surface area contributed by atoms with E-state index in [9.17, 15) is 4.79 Å². The molecule has 2 aromatic heterocycles. The standard InChI is InChI=1S/C22H26ClN5O/c1-3-19-21(28-15-17(23)6-9-20(28)25-19)22(29)24-14-16-4-7-18(8-5-16)27-12-10-26(2)11-13-27/h4-9,15H,3,10-14H2,1-2H3,(H,24,29). The SMILES string of the molecule is CCc1nc2ccc(Cl)cn2c1C(=O)NCc1ccc(N2CCN(C)CC2)cc1. The van der Waals surface area contributed by atoms with E-state index in [1.165, 1.54) is 5.69 Å². The molecule has 4 rings (SSSR count). The van der Waals surface area contributed by atoms with Crippen molar-refractivity contribution in [2.45, 2.75) is 19.9 Å². The Balaban J connectivity index is 1.45. The van der Waals surface area contributed by atoms with Crippen LogP contribution in [0.25, 0.3) is 5.65 Å². The number of nitrogens with zero attached hydrogens (tertiary/aromatic N) is 4. The molecule has 3 aromatic rings.